The standard InChI is InChI=1S/C17H20FNO2/c1-3-15(12-5-8-14(20)9-6-12)19-16-10-7-13(18)11-17(16)21-4-2/h5-11,15,19-20H,3-4H2,1-2H3. The number of ether oxygens (including phenoxy) is 1. The van der Waals surface area contributed by atoms with Crippen molar-refractivity contribution in [2.45, 2.75) is 26.3 Å². The number of benzene rings is 2. The summed E-state index contributed by atoms with van der Waals surface area (Å²) < 4.78 is 18.8. The summed E-state index contributed by atoms with van der Waals surface area (Å²) >= 11 is 0. The maximum atomic E-state index is 13.3. The van der Waals surface area contributed by atoms with Gasteiger partial charge in [0.15, 0.2) is 0 Å². The molecule has 0 amide bonds. The summed E-state index contributed by atoms with van der Waals surface area (Å²) in [6.07, 6.45) is 0.855. The van der Waals surface area contributed by atoms with Crippen molar-refractivity contribution in [1.82, 2.24) is 0 Å². The monoisotopic (exact) mass is 289 g/mol. The highest BCUT2D eigenvalue weighted by Crippen LogP contribution is 2.31. The smallest absolute Gasteiger partial charge is 0.145 e. The number of halogens is 1. The minimum atomic E-state index is -0.318. The van der Waals surface area contributed by atoms with E-state index >= 15 is 0 Å². The molecular weight excluding hydrogens is 269 g/mol. The zero-order valence-corrected chi connectivity index (χ0v) is 12.3. The molecule has 0 aliphatic heterocycles. The minimum absolute atomic E-state index is 0.0651. The second-order valence-corrected chi connectivity index (χ2v) is 4.77. The zero-order chi connectivity index (χ0) is 15.2. The van der Waals surface area contributed by atoms with E-state index in [9.17, 15) is 9.50 Å². The fraction of sp³-hybridized carbons (Fsp3) is 0.294. The molecule has 0 saturated heterocycles. The molecule has 0 aliphatic rings. The molecule has 112 valence electrons. The van der Waals surface area contributed by atoms with Crippen LogP contribution in [0.15, 0.2) is 42.5 Å². The molecule has 3 nitrogen and oxygen atoms in total. The first-order valence-corrected chi connectivity index (χ1v) is 7.11. The summed E-state index contributed by atoms with van der Waals surface area (Å²) in [5, 5.41) is 12.7. The third-order valence-electron chi connectivity index (χ3n) is 3.28. The Labute approximate surface area is 124 Å². The Balaban J connectivity index is 2.24. The number of anilines is 1. The summed E-state index contributed by atoms with van der Waals surface area (Å²) in [6.45, 7) is 4.41. The van der Waals surface area contributed by atoms with Crippen LogP contribution in [0.5, 0.6) is 11.5 Å². The number of aromatic hydroxyl groups is 1. The lowest BCUT2D eigenvalue weighted by molar-refractivity contribution is 0.339. The highest BCUT2D eigenvalue weighted by atomic mass is 19.1. The molecular formula is C17H20FNO2. The van der Waals surface area contributed by atoms with Crippen LogP contribution < -0.4 is 10.1 Å². The van der Waals surface area contributed by atoms with Crippen molar-refractivity contribution >= 4 is 5.69 Å². The van der Waals surface area contributed by atoms with Gasteiger partial charge in [-0.2, -0.15) is 0 Å². The SMILES string of the molecule is CCOc1cc(F)ccc1NC(CC)c1ccc(O)cc1. The number of hydrogen-bond donors (Lipinski definition) is 2. The van der Waals surface area contributed by atoms with Gasteiger partial charge in [0.05, 0.1) is 18.3 Å². The Bertz CT molecular complexity index is 584. The number of hydrogen-bond acceptors (Lipinski definition) is 3. The molecule has 21 heavy (non-hydrogen) atoms. The van der Waals surface area contributed by atoms with E-state index < -0.39 is 0 Å². The molecule has 0 heterocycles. The number of nitrogens with one attached hydrogen (secondary N) is 1. The van der Waals surface area contributed by atoms with Crippen molar-refractivity contribution < 1.29 is 14.2 Å². The van der Waals surface area contributed by atoms with Crippen molar-refractivity contribution in [1.29, 1.82) is 0 Å². The van der Waals surface area contributed by atoms with Gasteiger partial charge in [-0.15, -0.1) is 0 Å². The molecule has 0 radical (unpaired) electrons. The van der Waals surface area contributed by atoms with E-state index in [-0.39, 0.29) is 17.6 Å². The molecule has 2 aromatic rings. The van der Waals surface area contributed by atoms with E-state index in [1.54, 1.807) is 18.2 Å². The van der Waals surface area contributed by atoms with Gasteiger partial charge in [0.1, 0.15) is 17.3 Å². The predicted octanol–water partition coefficient (Wildman–Crippen LogP) is 4.49. The Morgan fingerprint density at radius 2 is 1.86 bits per heavy atom. The maximum absolute atomic E-state index is 13.3. The van der Waals surface area contributed by atoms with Crippen molar-refractivity contribution in [3.8, 4) is 11.5 Å². The minimum Gasteiger partial charge on any atom is -0.508 e. The lowest BCUT2D eigenvalue weighted by atomic mass is 10.0. The van der Waals surface area contributed by atoms with E-state index in [4.69, 9.17) is 4.74 Å². The van der Waals surface area contributed by atoms with E-state index in [0.717, 1.165) is 17.7 Å². The fourth-order valence-corrected chi connectivity index (χ4v) is 2.21. The lowest BCUT2D eigenvalue weighted by Crippen LogP contribution is -2.11. The van der Waals surface area contributed by atoms with Gasteiger partial charge in [-0.25, -0.2) is 4.39 Å². The molecule has 0 saturated carbocycles. The number of rotatable bonds is 6. The van der Waals surface area contributed by atoms with Crippen LogP contribution in [0.2, 0.25) is 0 Å². The Hall–Kier alpha value is -2.23. The van der Waals surface area contributed by atoms with Crippen LogP contribution in [-0.4, -0.2) is 11.7 Å². The van der Waals surface area contributed by atoms with Crippen LogP contribution in [0.3, 0.4) is 0 Å². The highest BCUT2D eigenvalue weighted by molar-refractivity contribution is 5.57. The summed E-state index contributed by atoms with van der Waals surface area (Å²) in [6, 6.07) is 11.6. The summed E-state index contributed by atoms with van der Waals surface area (Å²) in [4.78, 5) is 0. The lowest BCUT2D eigenvalue weighted by Gasteiger charge is -2.21. The number of phenolic OH excluding ortho intramolecular Hbond substituents is 1. The van der Waals surface area contributed by atoms with E-state index in [1.165, 1.54) is 12.1 Å². The fourth-order valence-electron chi connectivity index (χ4n) is 2.21. The summed E-state index contributed by atoms with van der Waals surface area (Å²) in [5.41, 5.74) is 1.82. The van der Waals surface area contributed by atoms with Gasteiger partial charge >= 0.3 is 0 Å². The predicted molar refractivity (Wildman–Crippen MR) is 82.3 cm³/mol. The van der Waals surface area contributed by atoms with Gasteiger partial charge in [-0.3, -0.25) is 0 Å². The van der Waals surface area contributed by atoms with Crippen molar-refractivity contribution in [3.63, 3.8) is 0 Å². The molecule has 0 aliphatic carbocycles. The van der Waals surface area contributed by atoms with Crippen LogP contribution in [0.25, 0.3) is 0 Å². The van der Waals surface area contributed by atoms with Crippen molar-refractivity contribution in [2.24, 2.45) is 0 Å². The van der Waals surface area contributed by atoms with Gasteiger partial charge in [-0.05, 0) is 43.2 Å². The average Bonchev–Trinajstić information content (AvgIpc) is 2.48. The van der Waals surface area contributed by atoms with Crippen LogP contribution >= 0.6 is 0 Å². The van der Waals surface area contributed by atoms with Crippen LogP contribution in [0, 0.1) is 5.82 Å². The second-order valence-electron chi connectivity index (χ2n) is 4.77. The van der Waals surface area contributed by atoms with Crippen LogP contribution in [-0.2, 0) is 0 Å². The Kier molecular flexibility index (Phi) is 5.04. The first-order valence-electron chi connectivity index (χ1n) is 7.11. The van der Waals surface area contributed by atoms with Gasteiger partial charge in [0, 0.05) is 6.07 Å². The van der Waals surface area contributed by atoms with Gasteiger partial charge in [0.2, 0.25) is 0 Å². The van der Waals surface area contributed by atoms with E-state index in [2.05, 4.69) is 12.2 Å². The maximum Gasteiger partial charge on any atom is 0.145 e. The van der Waals surface area contributed by atoms with E-state index in [0.29, 0.717) is 12.4 Å². The third-order valence-corrected chi connectivity index (χ3v) is 3.28. The van der Waals surface area contributed by atoms with E-state index in [1.807, 2.05) is 19.1 Å². The molecule has 2 rings (SSSR count). The highest BCUT2D eigenvalue weighted by Gasteiger charge is 2.12. The molecule has 2 N–H and O–H groups in total. The van der Waals surface area contributed by atoms with Gasteiger partial charge in [0.25, 0.3) is 0 Å². The van der Waals surface area contributed by atoms with Gasteiger partial charge in [-0.1, -0.05) is 19.1 Å². The van der Waals surface area contributed by atoms with Gasteiger partial charge < -0.3 is 15.2 Å². The van der Waals surface area contributed by atoms with Crippen LogP contribution in [0.4, 0.5) is 10.1 Å². The molecule has 4 heteroatoms. The first kappa shape index (κ1) is 15.2. The Morgan fingerprint density at radius 1 is 1.14 bits per heavy atom. The normalized spacial score (nSPS) is 12.0. The molecule has 0 aromatic heterocycles. The molecule has 0 bridgehead atoms. The molecule has 0 fully saturated rings. The third kappa shape index (κ3) is 3.88. The largest absolute Gasteiger partial charge is 0.508 e. The topological polar surface area (TPSA) is 41.5 Å². The molecule has 2 aromatic carbocycles. The molecule has 0 spiro atoms. The summed E-state index contributed by atoms with van der Waals surface area (Å²) in [7, 11) is 0. The Morgan fingerprint density at radius 3 is 2.48 bits per heavy atom. The average molecular weight is 289 g/mol. The second kappa shape index (κ2) is 6.97. The van der Waals surface area contributed by atoms with Crippen molar-refractivity contribution in [2.75, 3.05) is 11.9 Å². The zero-order valence-electron chi connectivity index (χ0n) is 12.3. The first-order chi connectivity index (χ1) is 10.1. The molecule has 1 unspecified atom stereocenters. The molecule has 1 atom stereocenters. The quantitative estimate of drug-likeness (QED) is 0.823. The number of phenols is 1. The summed E-state index contributed by atoms with van der Waals surface area (Å²) in [5.74, 6) is 0.432. The van der Waals surface area contributed by atoms with Crippen LogP contribution in [0.1, 0.15) is 31.9 Å². The van der Waals surface area contributed by atoms with Crippen molar-refractivity contribution in [3.05, 3.63) is 53.8 Å².